The summed E-state index contributed by atoms with van der Waals surface area (Å²) < 4.78 is 4.40. The van der Waals surface area contributed by atoms with Crippen molar-refractivity contribution in [2.24, 2.45) is 0 Å². The predicted octanol–water partition coefficient (Wildman–Crippen LogP) is 0.715. The van der Waals surface area contributed by atoms with Crippen molar-refractivity contribution >= 4 is 12.2 Å². The Labute approximate surface area is 58.4 Å². The smallest absolute Gasteiger partial charge is 0.418 e. The largest absolute Gasteiger partial charge is 0.423 e. The van der Waals surface area contributed by atoms with E-state index in [0.29, 0.717) is 11.4 Å². The third-order valence-corrected chi connectivity index (χ3v) is 1.02. The molecule has 1 aromatic rings. The molecule has 51 valence electrons. The standard InChI is InChI=1S/C7H6NO2/c8-6-2-1-3-7(4-6)10-5-9/h1-4H,8H2. The first-order chi connectivity index (χ1) is 4.83. The van der Waals surface area contributed by atoms with Gasteiger partial charge in [-0.25, -0.2) is 4.79 Å². The highest BCUT2D eigenvalue weighted by molar-refractivity contribution is 5.50. The monoisotopic (exact) mass is 136 g/mol. The lowest BCUT2D eigenvalue weighted by Crippen LogP contribution is -1.89. The number of hydrogen-bond acceptors (Lipinski definition) is 3. The van der Waals surface area contributed by atoms with E-state index in [2.05, 4.69) is 4.74 Å². The zero-order valence-electron chi connectivity index (χ0n) is 5.20. The molecule has 0 amide bonds. The Morgan fingerprint density at radius 1 is 1.50 bits per heavy atom. The molecule has 1 rings (SSSR count). The zero-order chi connectivity index (χ0) is 7.40. The van der Waals surface area contributed by atoms with E-state index in [0.717, 1.165) is 0 Å². The molecule has 3 heteroatoms. The van der Waals surface area contributed by atoms with Gasteiger partial charge in [0.1, 0.15) is 5.75 Å². The maximum absolute atomic E-state index is 9.70. The molecule has 0 aromatic heterocycles. The third-order valence-electron chi connectivity index (χ3n) is 1.02. The molecule has 1 aromatic carbocycles. The van der Waals surface area contributed by atoms with Crippen LogP contribution in [0.2, 0.25) is 0 Å². The van der Waals surface area contributed by atoms with Crippen molar-refractivity contribution in [3.05, 3.63) is 24.3 Å². The first-order valence-electron chi connectivity index (χ1n) is 2.72. The van der Waals surface area contributed by atoms with Crippen LogP contribution in [0.4, 0.5) is 5.69 Å². The molecule has 0 bridgehead atoms. The van der Waals surface area contributed by atoms with Crippen LogP contribution in [0.15, 0.2) is 24.3 Å². The number of rotatable bonds is 2. The van der Waals surface area contributed by atoms with Crippen molar-refractivity contribution < 1.29 is 9.53 Å². The highest BCUT2D eigenvalue weighted by Crippen LogP contribution is 2.12. The minimum Gasteiger partial charge on any atom is -0.418 e. The van der Waals surface area contributed by atoms with Gasteiger partial charge in [0.25, 0.3) is 0 Å². The molecule has 0 heterocycles. The molecule has 3 nitrogen and oxygen atoms in total. The lowest BCUT2D eigenvalue weighted by atomic mass is 10.3. The molecule has 0 aliphatic carbocycles. The topological polar surface area (TPSA) is 52.3 Å². The van der Waals surface area contributed by atoms with Crippen LogP contribution in [0.3, 0.4) is 0 Å². The molecule has 0 saturated heterocycles. The molecule has 0 aliphatic rings. The fraction of sp³-hybridized carbons (Fsp3) is 0. The van der Waals surface area contributed by atoms with E-state index in [1.54, 1.807) is 24.3 Å². The van der Waals surface area contributed by atoms with E-state index in [1.807, 2.05) is 0 Å². The molecule has 0 unspecified atom stereocenters. The molecule has 10 heavy (non-hydrogen) atoms. The van der Waals surface area contributed by atoms with E-state index in [-0.39, 0.29) is 0 Å². The fourth-order valence-electron chi connectivity index (χ4n) is 0.626. The van der Waals surface area contributed by atoms with Crippen LogP contribution in [0.5, 0.6) is 5.75 Å². The van der Waals surface area contributed by atoms with Crippen molar-refractivity contribution in [1.29, 1.82) is 0 Å². The second-order valence-corrected chi connectivity index (χ2v) is 1.76. The molecule has 0 atom stereocenters. The van der Waals surface area contributed by atoms with Gasteiger partial charge in [0.05, 0.1) is 0 Å². The van der Waals surface area contributed by atoms with Crippen molar-refractivity contribution in [2.75, 3.05) is 5.73 Å². The summed E-state index contributed by atoms with van der Waals surface area (Å²) in [7, 11) is 0. The van der Waals surface area contributed by atoms with Crippen LogP contribution >= 0.6 is 0 Å². The van der Waals surface area contributed by atoms with Crippen molar-refractivity contribution in [1.82, 2.24) is 0 Å². The van der Waals surface area contributed by atoms with E-state index < -0.39 is 0 Å². The lowest BCUT2D eigenvalue weighted by molar-refractivity contribution is 0.443. The minimum atomic E-state index is 0.412. The molecule has 0 fully saturated rings. The zero-order valence-corrected chi connectivity index (χ0v) is 5.20. The van der Waals surface area contributed by atoms with Gasteiger partial charge >= 0.3 is 6.47 Å². The molecular formula is C7H6NO2. The summed E-state index contributed by atoms with van der Waals surface area (Å²) in [6.07, 6.45) is 0. The SMILES string of the molecule is Nc1cccc(O[C]=O)c1. The van der Waals surface area contributed by atoms with Crippen molar-refractivity contribution in [3.8, 4) is 5.75 Å². The van der Waals surface area contributed by atoms with E-state index in [9.17, 15) is 4.79 Å². The van der Waals surface area contributed by atoms with Gasteiger partial charge in [0.2, 0.25) is 0 Å². The molecule has 0 saturated carbocycles. The Bertz CT molecular complexity index is 235. The fourth-order valence-corrected chi connectivity index (χ4v) is 0.626. The van der Waals surface area contributed by atoms with Gasteiger partial charge in [-0.3, -0.25) is 0 Å². The minimum absolute atomic E-state index is 0.412. The summed E-state index contributed by atoms with van der Waals surface area (Å²) in [4.78, 5) is 9.70. The molecule has 0 aliphatic heterocycles. The van der Waals surface area contributed by atoms with Gasteiger partial charge in [-0.1, -0.05) is 6.07 Å². The number of nitrogen functional groups attached to an aromatic ring is 1. The average Bonchev–Trinajstić information content (AvgIpc) is 1.88. The first-order valence-corrected chi connectivity index (χ1v) is 2.72. The maximum atomic E-state index is 9.70. The van der Waals surface area contributed by atoms with E-state index in [4.69, 9.17) is 5.73 Å². The lowest BCUT2D eigenvalue weighted by Gasteiger charge is -1.95. The molecule has 1 radical (unpaired) electrons. The van der Waals surface area contributed by atoms with Crippen LogP contribution in [0, 0.1) is 0 Å². The maximum Gasteiger partial charge on any atom is 0.423 e. The highest BCUT2D eigenvalue weighted by atomic mass is 16.5. The Morgan fingerprint density at radius 2 is 2.30 bits per heavy atom. The first kappa shape index (κ1) is 6.61. The second-order valence-electron chi connectivity index (χ2n) is 1.76. The highest BCUT2D eigenvalue weighted by Gasteiger charge is 1.91. The Hall–Kier alpha value is -1.51. The van der Waals surface area contributed by atoms with Gasteiger partial charge in [-0.15, -0.1) is 0 Å². The number of anilines is 1. The van der Waals surface area contributed by atoms with Crippen LogP contribution in [-0.4, -0.2) is 6.47 Å². The van der Waals surface area contributed by atoms with E-state index >= 15 is 0 Å². The van der Waals surface area contributed by atoms with Gasteiger partial charge in [0.15, 0.2) is 0 Å². The van der Waals surface area contributed by atoms with Gasteiger partial charge in [-0.2, -0.15) is 0 Å². The number of nitrogens with two attached hydrogens (primary N) is 1. The summed E-state index contributed by atoms with van der Waals surface area (Å²) in [5, 5.41) is 0. The second kappa shape index (κ2) is 2.87. The molecule has 0 spiro atoms. The van der Waals surface area contributed by atoms with Crippen LogP contribution in [0.1, 0.15) is 0 Å². The Kier molecular flexibility index (Phi) is 1.89. The van der Waals surface area contributed by atoms with Gasteiger partial charge in [0, 0.05) is 11.8 Å². The molecule has 2 N–H and O–H groups in total. The average molecular weight is 136 g/mol. The summed E-state index contributed by atoms with van der Waals surface area (Å²) in [6.45, 7) is 1.31. The van der Waals surface area contributed by atoms with Gasteiger partial charge in [-0.05, 0) is 12.1 Å². The van der Waals surface area contributed by atoms with E-state index in [1.165, 1.54) is 6.47 Å². The van der Waals surface area contributed by atoms with Crippen molar-refractivity contribution in [2.45, 2.75) is 0 Å². The number of ether oxygens (including phenoxy) is 1. The number of hydrogen-bond donors (Lipinski definition) is 1. The Morgan fingerprint density at radius 3 is 2.90 bits per heavy atom. The van der Waals surface area contributed by atoms with Crippen LogP contribution < -0.4 is 10.5 Å². The van der Waals surface area contributed by atoms with Crippen LogP contribution in [-0.2, 0) is 4.79 Å². The van der Waals surface area contributed by atoms with Crippen molar-refractivity contribution in [3.63, 3.8) is 0 Å². The molecular weight excluding hydrogens is 130 g/mol. The van der Waals surface area contributed by atoms with Gasteiger partial charge < -0.3 is 10.5 Å². The number of benzene rings is 1. The third kappa shape index (κ3) is 1.48. The summed E-state index contributed by atoms with van der Waals surface area (Å²) in [5.74, 6) is 0.412. The Balaban J connectivity index is 2.84. The predicted molar refractivity (Wildman–Crippen MR) is 37.2 cm³/mol. The summed E-state index contributed by atoms with van der Waals surface area (Å²) in [5.41, 5.74) is 5.94. The number of carbonyl (C=O) groups excluding carboxylic acids is 1. The summed E-state index contributed by atoms with van der Waals surface area (Å²) >= 11 is 0. The quantitative estimate of drug-likeness (QED) is 0.609. The normalized spacial score (nSPS) is 8.80. The van der Waals surface area contributed by atoms with Crippen LogP contribution in [0.25, 0.3) is 0 Å². The summed E-state index contributed by atoms with van der Waals surface area (Å²) in [6, 6.07) is 6.58.